The Morgan fingerprint density at radius 2 is 1.44 bits per heavy atom. The molecule has 0 aromatic carbocycles. The second-order valence-electron chi connectivity index (χ2n) is 6.77. The first-order chi connectivity index (χ1) is 11.7. The van der Waals surface area contributed by atoms with Crippen molar-refractivity contribution in [3.05, 3.63) is 0 Å². The standard InChI is InChI=1S/C16H20F4N4S/c17-14-6-12(4-2-10(14)8-22)24-15(25)23-11-3-1-9(7-21)13(5-11)16(18,19)20/h9-14H,1-6H2,(H2,23,24,25). The highest BCUT2D eigenvalue weighted by Gasteiger charge is 2.48. The fraction of sp³-hybridized carbons (Fsp3) is 0.812. The van der Waals surface area contributed by atoms with E-state index in [1.54, 1.807) is 6.07 Å². The number of halogens is 4. The lowest BCUT2D eigenvalue weighted by molar-refractivity contribution is -0.192. The Kier molecular flexibility index (Phi) is 6.45. The molecule has 2 N–H and O–H groups in total. The van der Waals surface area contributed by atoms with Crippen molar-refractivity contribution in [2.24, 2.45) is 17.8 Å². The number of nitrogens with zero attached hydrogens (tertiary/aromatic N) is 2. The van der Waals surface area contributed by atoms with Crippen molar-refractivity contribution in [3.8, 4) is 12.1 Å². The number of nitriles is 2. The molecule has 0 aromatic heterocycles. The Bertz CT molecular complexity index is 568. The molecule has 2 saturated carbocycles. The van der Waals surface area contributed by atoms with Gasteiger partial charge in [0.15, 0.2) is 5.11 Å². The monoisotopic (exact) mass is 376 g/mol. The van der Waals surface area contributed by atoms with Crippen LogP contribution in [0.5, 0.6) is 0 Å². The van der Waals surface area contributed by atoms with Gasteiger partial charge in [0.1, 0.15) is 6.17 Å². The third kappa shape index (κ3) is 5.18. The van der Waals surface area contributed by atoms with Crippen molar-refractivity contribution in [1.82, 2.24) is 10.6 Å². The lowest BCUT2D eigenvalue weighted by Gasteiger charge is -2.35. The van der Waals surface area contributed by atoms with Crippen molar-refractivity contribution in [2.45, 2.75) is 63.0 Å². The third-order valence-corrected chi connectivity index (χ3v) is 5.28. The van der Waals surface area contributed by atoms with E-state index in [1.165, 1.54) is 0 Å². The molecule has 9 heteroatoms. The summed E-state index contributed by atoms with van der Waals surface area (Å²) in [5.74, 6) is -3.28. The number of hydrogen-bond donors (Lipinski definition) is 2. The highest BCUT2D eigenvalue weighted by Crippen LogP contribution is 2.41. The molecule has 2 fully saturated rings. The van der Waals surface area contributed by atoms with Crippen LogP contribution in [0.25, 0.3) is 0 Å². The lowest BCUT2D eigenvalue weighted by Crippen LogP contribution is -2.51. The van der Waals surface area contributed by atoms with Crippen LogP contribution in [-0.2, 0) is 0 Å². The smallest absolute Gasteiger partial charge is 0.360 e. The van der Waals surface area contributed by atoms with Crippen LogP contribution < -0.4 is 10.6 Å². The summed E-state index contributed by atoms with van der Waals surface area (Å²) in [6, 6.07) is 2.99. The number of thiocarbonyl (C=S) groups is 1. The zero-order chi connectivity index (χ0) is 18.6. The molecule has 0 saturated heterocycles. The van der Waals surface area contributed by atoms with Crippen LogP contribution in [-0.4, -0.2) is 29.5 Å². The summed E-state index contributed by atoms with van der Waals surface area (Å²) in [5.41, 5.74) is 0. The average molecular weight is 376 g/mol. The maximum atomic E-state index is 13.8. The predicted octanol–water partition coefficient (Wildman–Crippen LogP) is 3.35. The first-order valence-electron chi connectivity index (χ1n) is 8.31. The third-order valence-electron chi connectivity index (χ3n) is 5.05. The number of alkyl halides is 4. The van der Waals surface area contributed by atoms with Gasteiger partial charge in [-0.3, -0.25) is 0 Å². The number of hydrogen-bond acceptors (Lipinski definition) is 3. The molecule has 4 nitrogen and oxygen atoms in total. The van der Waals surface area contributed by atoms with Gasteiger partial charge in [-0.15, -0.1) is 0 Å². The van der Waals surface area contributed by atoms with E-state index in [2.05, 4.69) is 10.6 Å². The molecule has 6 unspecified atom stereocenters. The molecular formula is C16H20F4N4S. The molecule has 0 amide bonds. The molecule has 2 rings (SSSR count). The predicted molar refractivity (Wildman–Crippen MR) is 86.8 cm³/mol. The van der Waals surface area contributed by atoms with Crippen molar-refractivity contribution < 1.29 is 17.6 Å². The van der Waals surface area contributed by atoms with E-state index in [9.17, 15) is 17.6 Å². The van der Waals surface area contributed by atoms with Crippen LogP contribution in [0.3, 0.4) is 0 Å². The fourth-order valence-electron chi connectivity index (χ4n) is 3.62. The van der Waals surface area contributed by atoms with Crippen LogP contribution in [0.15, 0.2) is 0 Å². The van der Waals surface area contributed by atoms with E-state index in [0.717, 1.165) is 0 Å². The highest BCUT2D eigenvalue weighted by atomic mass is 32.1. The largest absolute Gasteiger partial charge is 0.393 e. The Morgan fingerprint density at radius 1 is 0.920 bits per heavy atom. The number of rotatable bonds is 2. The van der Waals surface area contributed by atoms with Crippen LogP contribution in [0, 0.1) is 40.4 Å². The maximum Gasteiger partial charge on any atom is 0.393 e. The minimum Gasteiger partial charge on any atom is -0.360 e. The van der Waals surface area contributed by atoms with Crippen molar-refractivity contribution in [3.63, 3.8) is 0 Å². The normalized spacial score (nSPS) is 35.9. The molecule has 0 spiro atoms. The SMILES string of the molecule is N#CC1CCC(NC(=S)NC2CCC(C#N)C(C(F)(F)F)C2)CC1F. The Hall–Kier alpha value is -1.61. The molecule has 0 heterocycles. The van der Waals surface area contributed by atoms with Gasteiger partial charge in [0.25, 0.3) is 0 Å². The van der Waals surface area contributed by atoms with Gasteiger partial charge in [-0.25, -0.2) is 4.39 Å². The van der Waals surface area contributed by atoms with Crippen molar-refractivity contribution >= 4 is 17.3 Å². The average Bonchev–Trinajstić information content (AvgIpc) is 2.54. The van der Waals surface area contributed by atoms with Gasteiger partial charge >= 0.3 is 6.18 Å². The van der Waals surface area contributed by atoms with E-state index < -0.39 is 36.1 Å². The van der Waals surface area contributed by atoms with E-state index >= 15 is 0 Å². The van der Waals surface area contributed by atoms with E-state index in [1.807, 2.05) is 6.07 Å². The first kappa shape index (κ1) is 19.7. The van der Waals surface area contributed by atoms with Crippen molar-refractivity contribution in [1.29, 1.82) is 10.5 Å². The minimum atomic E-state index is -4.41. The van der Waals surface area contributed by atoms with Crippen LogP contribution in [0.1, 0.15) is 38.5 Å². The van der Waals surface area contributed by atoms with Gasteiger partial charge in [-0.1, -0.05) is 0 Å². The Morgan fingerprint density at radius 3 is 1.92 bits per heavy atom. The lowest BCUT2D eigenvalue weighted by atomic mass is 9.77. The summed E-state index contributed by atoms with van der Waals surface area (Å²) in [6.07, 6.45) is -4.05. The molecule has 0 radical (unpaired) electrons. The van der Waals surface area contributed by atoms with Crippen LogP contribution in [0.2, 0.25) is 0 Å². The molecule has 2 aliphatic carbocycles. The highest BCUT2D eigenvalue weighted by molar-refractivity contribution is 7.80. The van der Waals surface area contributed by atoms with E-state index in [0.29, 0.717) is 19.3 Å². The second-order valence-corrected chi connectivity index (χ2v) is 7.18. The summed E-state index contributed by atoms with van der Waals surface area (Å²) in [5, 5.41) is 23.7. The summed E-state index contributed by atoms with van der Waals surface area (Å²) in [7, 11) is 0. The molecule has 25 heavy (non-hydrogen) atoms. The van der Waals surface area contributed by atoms with Gasteiger partial charge in [-0.05, 0) is 44.3 Å². The van der Waals surface area contributed by atoms with Gasteiger partial charge < -0.3 is 10.6 Å². The van der Waals surface area contributed by atoms with E-state index in [-0.39, 0.29) is 30.4 Å². The van der Waals surface area contributed by atoms with E-state index in [4.69, 9.17) is 22.7 Å². The molecular weight excluding hydrogens is 356 g/mol. The summed E-state index contributed by atoms with van der Waals surface area (Å²) >= 11 is 5.15. The second kappa shape index (κ2) is 8.18. The zero-order valence-electron chi connectivity index (χ0n) is 13.5. The summed E-state index contributed by atoms with van der Waals surface area (Å²) in [6.45, 7) is 0. The summed E-state index contributed by atoms with van der Waals surface area (Å²) in [4.78, 5) is 0. The topological polar surface area (TPSA) is 71.6 Å². The summed E-state index contributed by atoms with van der Waals surface area (Å²) < 4.78 is 53.0. The molecule has 138 valence electrons. The molecule has 0 bridgehead atoms. The Labute approximate surface area is 149 Å². The fourth-order valence-corrected chi connectivity index (χ4v) is 3.96. The molecule has 2 aliphatic rings. The quantitative estimate of drug-likeness (QED) is 0.571. The Balaban J connectivity index is 1.85. The first-order valence-corrected chi connectivity index (χ1v) is 8.72. The van der Waals surface area contributed by atoms with Gasteiger partial charge in [0, 0.05) is 18.5 Å². The molecule has 6 atom stereocenters. The maximum absolute atomic E-state index is 13.8. The molecule has 0 aliphatic heterocycles. The van der Waals surface area contributed by atoms with Gasteiger partial charge in [0.2, 0.25) is 0 Å². The van der Waals surface area contributed by atoms with Gasteiger partial charge in [0.05, 0.1) is 29.9 Å². The van der Waals surface area contributed by atoms with Crippen LogP contribution >= 0.6 is 12.2 Å². The van der Waals surface area contributed by atoms with Crippen molar-refractivity contribution in [2.75, 3.05) is 0 Å². The number of nitrogens with one attached hydrogen (secondary N) is 2. The minimum absolute atomic E-state index is 0.159. The molecule has 0 aromatic rings. The van der Waals surface area contributed by atoms with Gasteiger partial charge in [-0.2, -0.15) is 23.7 Å². The van der Waals surface area contributed by atoms with Crippen LogP contribution in [0.4, 0.5) is 17.6 Å². The zero-order valence-corrected chi connectivity index (χ0v) is 14.3.